The summed E-state index contributed by atoms with van der Waals surface area (Å²) in [5.74, 6) is 0. The highest BCUT2D eigenvalue weighted by Crippen LogP contribution is 2.30. The Bertz CT molecular complexity index is 548. The molecule has 0 aliphatic rings. The van der Waals surface area contributed by atoms with Gasteiger partial charge in [-0.3, -0.25) is 0 Å². The molecule has 0 saturated heterocycles. The van der Waals surface area contributed by atoms with E-state index in [0.717, 1.165) is 12.1 Å². The molecular formula is C11H9BrF3N3. The highest BCUT2D eigenvalue weighted by atomic mass is 79.9. The molecule has 0 N–H and O–H groups in total. The number of rotatable bonds is 2. The van der Waals surface area contributed by atoms with Crippen molar-refractivity contribution in [2.45, 2.75) is 17.9 Å². The van der Waals surface area contributed by atoms with Crippen LogP contribution < -0.4 is 0 Å². The van der Waals surface area contributed by atoms with Crippen molar-refractivity contribution in [2.75, 3.05) is 0 Å². The van der Waals surface area contributed by atoms with Crippen molar-refractivity contribution in [2.24, 2.45) is 0 Å². The normalized spacial score (nSPS) is 13.6. The van der Waals surface area contributed by atoms with Gasteiger partial charge in [0.25, 0.3) is 0 Å². The van der Waals surface area contributed by atoms with Crippen LogP contribution in [0.1, 0.15) is 23.0 Å². The second kappa shape index (κ2) is 4.72. The molecule has 0 spiro atoms. The third kappa shape index (κ3) is 2.72. The fourth-order valence-corrected chi connectivity index (χ4v) is 1.62. The van der Waals surface area contributed by atoms with Crippen LogP contribution >= 0.6 is 15.9 Å². The molecule has 0 bridgehead atoms. The Morgan fingerprint density at radius 1 is 1.33 bits per heavy atom. The molecule has 1 aromatic heterocycles. The summed E-state index contributed by atoms with van der Waals surface area (Å²) >= 11 is 3.32. The van der Waals surface area contributed by atoms with E-state index in [1.165, 1.54) is 10.7 Å². The zero-order valence-electron chi connectivity index (χ0n) is 9.32. The minimum Gasteiger partial charge on any atom is -0.220 e. The maximum atomic E-state index is 12.6. The molecule has 18 heavy (non-hydrogen) atoms. The third-order valence-corrected chi connectivity index (χ3v) is 2.83. The number of benzene rings is 1. The Kier molecular flexibility index (Phi) is 3.43. The minimum absolute atomic E-state index is 0.00273. The summed E-state index contributed by atoms with van der Waals surface area (Å²) in [5, 5.41) is 7.67. The minimum atomic E-state index is -4.36. The van der Waals surface area contributed by atoms with Gasteiger partial charge in [0.05, 0.1) is 28.0 Å². The van der Waals surface area contributed by atoms with Crippen LogP contribution in [-0.2, 0) is 6.18 Å². The standard InChI is InChI=1S/C11H9BrF3N3/c1-7(12)10-6-18(17-16-10)9-4-2-3-8(5-9)11(13,14)15/h2-7H,1H3. The number of hydrogen-bond acceptors (Lipinski definition) is 2. The topological polar surface area (TPSA) is 30.7 Å². The number of aromatic nitrogens is 3. The molecule has 1 heterocycles. The molecule has 96 valence electrons. The maximum absolute atomic E-state index is 12.6. The molecular weight excluding hydrogens is 311 g/mol. The van der Waals surface area contributed by atoms with Crippen LogP contribution in [0.3, 0.4) is 0 Å². The number of nitrogens with zero attached hydrogens (tertiary/aromatic N) is 3. The van der Waals surface area contributed by atoms with E-state index < -0.39 is 11.7 Å². The van der Waals surface area contributed by atoms with E-state index in [1.807, 2.05) is 6.92 Å². The molecule has 1 atom stereocenters. The molecule has 3 nitrogen and oxygen atoms in total. The maximum Gasteiger partial charge on any atom is 0.416 e. The summed E-state index contributed by atoms with van der Waals surface area (Å²) in [6.07, 6.45) is -2.77. The molecule has 7 heteroatoms. The predicted octanol–water partition coefficient (Wildman–Crippen LogP) is 3.74. The van der Waals surface area contributed by atoms with Gasteiger partial charge in [0.15, 0.2) is 0 Å². The summed E-state index contributed by atoms with van der Waals surface area (Å²) in [5.41, 5.74) is 0.285. The first-order valence-electron chi connectivity index (χ1n) is 5.12. The average molecular weight is 320 g/mol. The predicted molar refractivity (Wildman–Crippen MR) is 63.7 cm³/mol. The SMILES string of the molecule is CC(Br)c1cn(-c2cccc(C(F)(F)F)c2)nn1. The highest BCUT2D eigenvalue weighted by molar-refractivity contribution is 9.09. The molecule has 0 aliphatic heterocycles. The molecule has 0 radical (unpaired) electrons. The first-order valence-corrected chi connectivity index (χ1v) is 6.03. The van der Waals surface area contributed by atoms with Gasteiger partial charge in [-0.2, -0.15) is 13.2 Å². The summed E-state index contributed by atoms with van der Waals surface area (Å²) < 4.78 is 39.0. The molecule has 1 aromatic carbocycles. The summed E-state index contributed by atoms with van der Waals surface area (Å²) in [6, 6.07) is 4.95. The van der Waals surface area contributed by atoms with Crippen LogP contribution in [0.15, 0.2) is 30.5 Å². The van der Waals surface area contributed by atoms with Gasteiger partial charge < -0.3 is 0 Å². The van der Waals surface area contributed by atoms with Crippen molar-refractivity contribution < 1.29 is 13.2 Å². The van der Waals surface area contributed by atoms with E-state index in [9.17, 15) is 13.2 Å². The second-order valence-electron chi connectivity index (χ2n) is 3.75. The fourth-order valence-electron chi connectivity index (χ4n) is 1.41. The van der Waals surface area contributed by atoms with Crippen LogP contribution in [0, 0.1) is 0 Å². The van der Waals surface area contributed by atoms with Gasteiger partial charge in [-0.15, -0.1) is 5.10 Å². The van der Waals surface area contributed by atoms with Gasteiger partial charge in [0, 0.05) is 0 Å². The van der Waals surface area contributed by atoms with Crippen LogP contribution in [0.4, 0.5) is 13.2 Å². The van der Waals surface area contributed by atoms with Crippen LogP contribution in [-0.4, -0.2) is 15.0 Å². The van der Waals surface area contributed by atoms with E-state index in [2.05, 4.69) is 26.2 Å². The number of hydrogen-bond donors (Lipinski definition) is 0. The first kappa shape index (κ1) is 13.1. The molecule has 0 saturated carbocycles. The molecule has 1 unspecified atom stereocenters. The van der Waals surface area contributed by atoms with Crippen molar-refractivity contribution in [1.29, 1.82) is 0 Å². The van der Waals surface area contributed by atoms with Gasteiger partial charge in [-0.1, -0.05) is 27.2 Å². The molecule has 2 rings (SSSR count). The summed E-state index contributed by atoms with van der Waals surface area (Å²) in [6.45, 7) is 1.86. The lowest BCUT2D eigenvalue weighted by molar-refractivity contribution is -0.137. The van der Waals surface area contributed by atoms with Crippen molar-refractivity contribution in [3.8, 4) is 5.69 Å². The monoisotopic (exact) mass is 319 g/mol. The van der Waals surface area contributed by atoms with Crippen LogP contribution in [0.25, 0.3) is 5.69 Å². The molecule has 2 aromatic rings. The fraction of sp³-hybridized carbons (Fsp3) is 0.273. The van der Waals surface area contributed by atoms with Gasteiger partial charge >= 0.3 is 6.18 Å². The van der Waals surface area contributed by atoms with Gasteiger partial charge in [0.1, 0.15) is 0 Å². The largest absolute Gasteiger partial charge is 0.416 e. The number of halogens is 4. The van der Waals surface area contributed by atoms with E-state index in [4.69, 9.17) is 0 Å². The Morgan fingerprint density at radius 3 is 2.61 bits per heavy atom. The quantitative estimate of drug-likeness (QED) is 0.789. The summed E-state index contributed by atoms with van der Waals surface area (Å²) in [7, 11) is 0. The van der Waals surface area contributed by atoms with Gasteiger partial charge in [0.2, 0.25) is 0 Å². The lowest BCUT2D eigenvalue weighted by Gasteiger charge is -2.08. The zero-order valence-corrected chi connectivity index (χ0v) is 10.9. The zero-order chi connectivity index (χ0) is 13.3. The van der Waals surface area contributed by atoms with Gasteiger partial charge in [-0.25, -0.2) is 4.68 Å². The van der Waals surface area contributed by atoms with E-state index in [-0.39, 0.29) is 4.83 Å². The van der Waals surface area contributed by atoms with Gasteiger partial charge in [-0.05, 0) is 25.1 Å². The smallest absolute Gasteiger partial charge is 0.220 e. The Morgan fingerprint density at radius 2 is 2.06 bits per heavy atom. The van der Waals surface area contributed by atoms with Crippen molar-refractivity contribution in [3.63, 3.8) is 0 Å². The first-order chi connectivity index (χ1) is 8.38. The average Bonchev–Trinajstić information content (AvgIpc) is 2.77. The summed E-state index contributed by atoms with van der Waals surface area (Å²) in [4.78, 5) is -0.00273. The van der Waals surface area contributed by atoms with Crippen molar-refractivity contribution in [3.05, 3.63) is 41.7 Å². The molecule has 0 aliphatic carbocycles. The lowest BCUT2D eigenvalue weighted by atomic mass is 10.2. The third-order valence-electron chi connectivity index (χ3n) is 2.36. The Labute approximate surface area is 110 Å². The number of alkyl halides is 4. The van der Waals surface area contributed by atoms with E-state index in [0.29, 0.717) is 11.4 Å². The second-order valence-corrected chi connectivity index (χ2v) is 5.13. The lowest BCUT2D eigenvalue weighted by Crippen LogP contribution is -2.06. The molecule has 0 fully saturated rings. The molecule has 0 amide bonds. The van der Waals surface area contributed by atoms with Crippen LogP contribution in [0.2, 0.25) is 0 Å². The van der Waals surface area contributed by atoms with E-state index >= 15 is 0 Å². The Balaban J connectivity index is 2.38. The van der Waals surface area contributed by atoms with Crippen molar-refractivity contribution >= 4 is 15.9 Å². The Hall–Kier alpha value is -1.37. The van der Waals surface area contributed by atoms with Crippen LogP contribution in [0.5, 0.6) is 0 Å². The van der Waals surface area contributed by atoms with Crippen molar-refractivity contribution in [1.82, 2.24) is 15.0 Å². The van der Waals surface area contributed by atoms with E-state index in [1.54, 1.807) is 12.3 Å². The highest BCUT2D eigenvalue weighted by Gasteiger charge is 2.30.